The molecule has 0 bridgehead atoms. The highest BCUT2D eigenvalue weighted by atomic mass is 16.2. The molecule has 130 valence electrons. The van der Waals surface area contributed by atoms with Crippen LogP contribution < -0.4 is 9.80 Å². The van der Waals surface area contributed by atoms with E-state index in [0.717, 1.165) is 44.0 Å². The van der Waals surface area contributed by atoms with Gasteiger partial charge in [0.2, 0.25) is 0 Å². The number of rotatable bonds is 2. The smallest absolute Gasteiger partial charge is 0.276 e. The van der Waals surface area contributed by atoms with Crippen LogP contribution in [0.15, 0.2) is 42.5 Å². The van der Waals surface area contributed by atoms with Crippen LogP contribution in [0.1, 0.15) is 48.2 Å². The minimum absolute atomic E-state index is 0.0174. The quantitative estimate of drug-likeness (QED) is 0.830. The topological polar surface area (TPSA) is 36.4 Å². The first-order chi connectivity index (χ1) is 12.3. The molecule has 4 heteroatoms. The largest absolute Gasteiger partial charge is 0.357 e. The molecular formula is C21H25N3O. The van der Waals surface area contributed by atoms with Gasteiger partial charge in [0.05, 0.1) is 0 Å². The summed E-state index contributed by atoms with van der Waals surface area (Å²) in [6.45, 7) is 2.85. The molecule has 0 saturated carbocycles. The molecule has 2 aromatic rings. The molecule has 1 aromatic heterocycles. The van der Waals surface area contributed by atoms with Crippen molar-refractivity contribution in [3.8, 4) is 0 Å². The number of aromatic nitrogens is 1. The molecule has 0 spiro atoms. The number of carbonyl (C=O) groups is 1. The molecule has 0 atom stereocenters. The summed E-state index contributed by atoms with van der Waals surface area (Å²) in [4.78, 5) is 22.1. The van der Waals surface area contributed by atoms with E-state index in [1.165, 1.54) is 31.2 Å². The van der Waals surface area contributed by atoms with Gasteiger partial charge in [0.15, 0.2) is 0 Å². The van der Waals surface area contributed by atoms with E-state index in [2.05, 4.69) is 11.0 Å². The lowest BCUT2D eigenvalue weighted by Gasteiger charge is -2.29. The summed E-state index contributed by atoms with van der Waals surface area (Å²) in [7, 11) is 0. The number of pyridine rings is 1. The van der Waals surface area contributed by atoms with Gasteiger partial charge < -0.3 is 9.80 Å². The number of hydrogen-bond acceptors (Lipinski definition) is 3. The number of anilines is 2. The van der Waals surface area contributed by atoms with Gasteiger partial charge in [-0.05, 0) is 49.4 Å². The first-order valence-corrected chi connectivity index (χ1v) is 9.45. The predicted octanol–water partition coefficient (Wildman–Crippen LogP) is 4.06. The summed E-state index contributed by atoms with van der Waals surface area (Å²) >= 11 is 0. The summed E-state index contributed by atoms with van der Waals surface area (Å²) in [6, 6.07) is 14.1. The molecule has 2 aliphatic heterocycles. The van der Waals surface area contributed by atoms with Crippen LogP contribution >= 0.6 is 0 Å². The second-order valence-electron chi connectivity index (χ2n) is 6.97. The predicted molar refractivity (Wildman–Crippen MR) is 101 cm³/mol. The van der Waals surface area contributed by atoms with Gasteiger partial charge in [-0.2, -0.15) is 0 Å². The van der Waals surface area contributed by atoms with Gasteiger partial charge in [-0.25, -0.2) is 4.98 Å². The average molecular weight is 335 g/mol. The fraction of sp³-hybridized carbons (Fsp3) is 0.429. The van der Waals surface area contributed by atoms with Crippen LogP contribution in [0.25, 0.3) is 0 Å². The number of hydrogen-bond donors (Lipinski definition) is 0. The van der Waals surface area contributed by atoms with Crippen molar-refractivity contribution in [2.45, 2.75) is 38.5 Å². The Hall–Kier alpha value is -2.36. The molecule has 3 heterocycles. The van der Waals surface area contributed by atoms with Crippen LogP contribution in [0, 0.1) is 0 Å². The molecule has 0 N–H and O–H groups in total. The molecule has 0 radical (unpaired) electrons. The third kappa shape index (κ3) is 3.39. The average Bonchev–Trinajstić information content (AvgIpc) is 2.97. The van der Waals surface area contributed by atoms with Crippen molar-refractivity contribution in [2.75, 3.05) is 29.4 Å². The first-order valence-electron chi connectivity index (χ1n) is 9.45. The van der Waals surface area contributed by atoms with E-state index in [4.69, 9.17) is 4.98 Å². The maximum absolute atomic E-state index is 13.1. The summed E-state index contributed by atoms with van der Waals surface area (Å²) in [6.07, 6.45) is 7.05. The van der Waals surface area contributed by atoms with Gasteiger partial charge >= 0.3 is 0 Å². The Kier molecular flexibility index (Phi) is 4.68. The molecule has 1 aromatic carbocycles. The van der Waals surface area contributed by atoms with Gasteiger partial charge in [-0.15, -0.1) is 0 Å². The van der Waals surface area contributed by atoms with Crippen molar-refractivity contribution < 1.29 is 4.79 Å². The van der Waals surface area contributed by atoms with E-state index in [0.29, 0.717) is 5.69 Å². The lowest BCUT2D eigenvalue weighted by atomic mass is 10.0. The molecule has 1 saturated heterocycles. The Labute approximate surface area is 149 Å². The molecule has 0 aliphatic carbocycles. The number of benzene rings is 1. The van der Waals surface area contributed by atoms with Crippen molar-refractivity contribution in [2.24, 2.45) is 0 Å². The Balaban J connectivity index is 1.60. The maximum Gasteiger partial charge on any atom is 0.276 e. The van der Waals surface area contributed by atoms with Crippen molar-refractivity contribution >= 4 is 17.4 Å². The van der Waals surface area contributed by atoms with Crippen LogP contribution in [0.5, 0.6) is 0 Å². The normalized spacial score (nSPS) is 17.8. The van der Waals surface area contributed by atoms with Crippen molar-refractivity contribution in [1.82, 2.24) is 4.98 Å². The highest BCUT2D eigenvalue weighted by molar-refractivity contribution is 6.05. The first kappa shape index (κ1) is 16.1. The number of nitrogens with zero attached hydrogens (tertiary/aromatic N) is 3. The van der Waals surface area contributed by atoms with Gasteiger partial charge in [0, 0.05) is 25.3 Å². The molecule has 0 unspecified atom stereocenters. The van der Waals surface area contributed by atoms with E-state index in [1.807, 2.05) is 41.3 Å². The zero-order valence-electron chi connectivity index (χ0n) is 14.7. The lowest BCUT2D eigenvalue weighted by molar-refractivity contribution is 0.0980. The fourth-order valence-corrected chi connectivity index (χ4v) is 3.90. The van der Waals surface area contributed by atoms with E-state index < -0.39 is 0 Å². The molecule has 4 rings (SSSR count). The maximum atomic E-state index is 13.1. The Morgan fingerprint density at radius 1 is 0.840 bits per heavy atom. The minimum atomic E-state index is 0.0174. The number of carbonyl (C=O) groups excluding carboxylic acids is 1. The third-order valence-electron chi connectivity index (χ3n) is 5.24. The Bertz CT molecular complexity index is 750. The van der Waals surface area contributed by atoms with Gasteiger partial charge in [-0.1, -0.05) is 37.1 Å². The van der Waals surface area contributed by atoms with E-state index in [9.17, 15) is 4.79 Å². The van der Waals surface area contributed by atoms with Crippen LogP contribution in [-0.4, -0.2) is 30.5 Å². The number of amides is 1. The molecule has 25 heavy (non-hydrogen) atoms. The van der Waals surface area contributed by atoms with Gasteiger partial charge in [-0.3, -0.25) is 4.79 Å². The fourth-order valence-electron chi connectivity index (χ4n) is 3.90. The monoisotopic (exact) mass is 335 g/mol. The zero-order valence-corrected chi connectivity index (χ0v) is 14.7. The summed E-state index contributed by atoms with van der Waals surface area (Å²) < 4.78 is 0. The summed E-state index contributed by atoms with van der Waals surface area (Å²) in [5.74, 6) is 0.960. The third-order valence-corrected chi connectivity index (χ3v) is 5.24. The van der Waals surface area contributed by atoms with Crippen LogP contribution in [-0.2, 0) is 6.42 Å². The van der Waals surface area contributed by atoms with E-state index >= 15 is 0 Å². The molecule has 1 amide bonds. The molecule has 4 nitrogen and oxygen atoms in total. The second kappa shape index (κ2) is 7.26. The highest BCUT2D eigenvalue weighted by Crippen LogP contribution is 2.28. The van der Waals surface area contributed by atoms with Gasteiger partial charge in [0.25, 0.3) is 5.91 Å². The minimum Gasteiger partial charge on any atom is -0.357 e. The summed E-state index contributed by atoms with van der Waals surface area (Å²) in [5, 5.41) is 0. The Morgan fingerprint density at radius 2 is 1.64 bits per heavy atom. The Morgan fingerprint density at radius 3 is 2.48 bits per heavy atom. The second-order valence-corrected chi connectivity index (χ2v) is 6.97. The SMILES string of the molecule is O=C(c1cccc(N2CCCCCC2)n1)N1CCCc2ccccc21. The summed E-state index contributed by atoms with van der Waals surface area (Å²) in [5.41, 5.74) is 2.85. The van der Waals surface area contributed by atoms with Crippen molar-refractivity contribution in [3.63, 3.8) is 0 Å². The zero-order chi connectivity index (χ0) is 17.1. The number of aryl methyl sites for hydroxylation is 1. The van der Waals surface area contributed by atoms with Crippen LogP contribution in [0.2, 0.25) is 0 Å². The standard InChI is InChI=1S/C21H25N3O/c25-21(24-16-8-10-17-9-3-4-12-19(17)24)18-11-7-13-20(22-18)23-14-5-1-2-6-15-23/h3-4,7,9,11-13H,1-2,5-6,8,10,14-16H2. The van der Waals surface area contributed by atoms with Crippen molar-refractivity contribution in [1.29, 1.82) is 0 Å². The number of para-hydroxylation sites is 1. The van der Waals surface area contributed by atoms with Gasteiger partial charge in [0.1, 0.15) is 11.5 Å². The lowest BCUT2D eigenvalue weighted by Crippen LogP contribution is -2.36. The molecule has 1 fully saturated rings. The van der Waals surface area contributed by atoms with E-state index in [1.54, 1.807) is 0 Å². The highest BCUT2D eigenvalue weighted by Gasteiger charge is 2.24. The van der Waals surface area contributed by atoms with Crippen molar-refractivity contribution in [3.05, 3.63) is 53.7 Å². The molecular weight excluding hydrogens is 310 g/mol. The number of fused-ring (bicyclic) bond motifs is 1. The van der Waals surface area contributed by atoms with E-state index in [-0.39, 0.29) is 5.91 Å². The van der Waals surface area contributed by atoms with Crippen LogP contribution in [0.3, 0.4) is 0 Å². The molecule has 2 aliphatic rings. The van der Waals surface area contributed by atoms with Crippen LogP contribution in [0.4, 0.5) is 11.5 Å².